The van der Waals surface area contributed by atoms with Crippen LogP contribution in [0.3, 0.4) is 0 Å². The third-order valence-electron chi connectivity index (χ3n) is 5.71. The molecule has 2 atom stereocenters. The number of amides is 1. The molecule has 2 unspecified atom stereocenters. The largest absolute Gasteiger partial charge is 0.465 e. The highest BCUT2D eigenvalue weighted by molar-refractivity contribution is 5.99. The van der Waals surface area contributed by atoms with Gasteiger partial charge in [-0.2, -0.15) is 0 Å². The van der Waals surface area contributed by atoms with Gasteiger partial charge in [0.1, 0.15) is 0 Å². The smallest absolute Gasteiger partial charge is 0.338 e. The van der Waals surface area contributed by atoms with Gasteiger partial charge in [-0.3, -0.25) is 19.8 Å². The highest BCUT2D eigenvalue weighted by Gasteiger charge is 2.29. The predicted octanol–water partition coefficient (Wildman–Crippen LogP) is 2.34. The lowest BCUT2D eigenvalue weighted by Gasteiger charge is -2.39. The van der Waals surface area contributed by atoms with E-state index >= 15 is 0 Å². The summed E-state index contributed by atoms with van der Waals surface area (Å²) in [7, 11) is 1.20. The van der Waals surface area contributed by atoms with Crippen LogP contribution in [0.25, 0.3) is 0 Å². The van der Waals surface area contributed by atoms with Crippen molar-refractivity contribution in [1.29, 1.82) is 0 Å². The van der Waals surface area contributed by atoms with Gasteiger partial charge in [-0.1, -0.05) is 0 Å². The Bertz CT molecular complexity index is 796. The first-order valence-electron chi connectivity index (χ1n) is 10.3. The number of hydrogen-bond acceptors (Lipinski definition) is 7. The van der Waals surface area contributed by atoms with Crippen molar-refractivity contribution in [2.45, 2.75) is 38.9 Å². The average molecular weight is 419 g/mol. The molecule has 2 fully saturated rings. The number of piperidine rings is 1. The highest BCUT2D eigenvalue weighted by atomic mass is 16.6. The Morgan fingerprint density at radius 3 is 2.30 bits per heavy atom. The summed E-state index contributed by atoms with van der Waals surface area (Å²) >= 11 is 0. The van der Waals surface area contributed by atoms with E-state index in [-0.39, 0.29) is 34.9 Å². The summed E-state index contributed by atoms with van der Waals surface area (Å²) in [4.78, 5) is 39.5. The van der Waals surface area contributed by atoms with Crippen molar-refractivity contribution < 1.29 is 24.0 Å². The molecule has 1 amide bonds. The van der Waals surface area contributed by atoms with Crippen molar-refractivity contribution in [1.82, 2.24) is 9.80 Å². The van der Waals surface area contributed by atoms with E-state index in [9.17, 15) is 19.7 Å². The Kier molecular flexibility index (Phi) is 7.04. The number of carbonyl (C=O) groups excluding carboxylic acids is 2. The molecule has 1 aromatic rings. The zero-order chi connectivity index (χ0) is 21.8. The topological polar surface area (TPSA) is 102 Å². The molecule has 2 saturated heterocycles. The summed E-state index contributed by atoms with van der Waals surface area (Å²) in [5.74, 6) is -0.501. The normalized spacial score (nSPS) is 23.2. The summed E-state index contributed by atoms with van der Waals surface area (Å²) in [6.45, 7) is 8.20. The van der Waals surface area contributed by atoms with Crippen LogP contribution in [0.5, 0.6) is 0 Å². The number of hydrogen-bond donors (Lipinski definition) is 0. The Morgan fingerprint density at radius 2 is 1.73 bits per heavy atom. The number of esters is 1. The summed E-state index contributed by atoms with van der Waals surface area (Å²) in [6, 6.07) is 3.71. The molecule has 2 heterocycles. The number of benzene rings is 1. The molecule has 3 rings (SSSR count). The number of nitro benzene ring substituents is 1. The van der Waals surface area contributed by atoms with E-state index in [4.69, 9.17) is 4.74 Å². The van der Waals surface area contributed by atoms with Gasteiger partial charge in [-0.05, 0) is 38.7 Å². The van der Waals surface area contributed by atoms with Crippen molar-refractivity contribution in [2.75, 3.05) is 39.8 Å². The first-order chi connectivity index (χ1) is 14.3. The number of morpholine rings is 1. The van der Waals surface area contributed by atoms with E-state index in [0.717, 1.165) is 38.5 Å². The molecule has 9 nitrogen and oxygen atoms in total. The van der Waals surface area contributed by atoms with Crippen LogP contribution in [0.1, 0.15) is 47.4 Å². The van der Waals surface area contributed by atoms with Crippen LogP contribution >= 0.6 is 0 Å². The average Bonchev–Trinajstić information content (AvgIpc) is 2.72. The lowest BCUT2D eigenvalue weighted by Crippen LogP contribution is -2.48. The molecule has 0 bridgehead atoms. The van der Waals surface area contributed by atoms with Crippen LogP contribution in [0, 0.1) is 16.0 Å². The van der Waals surface area contributed by atoms with Gasteiger partial charge in [0.25, 0.3) is 11.6 Å². The molecule has 1 aromatic carbocycles. The summed E-state index contributed by atoms with van der Waals surface area (Å²) in [5.41, 5.74) is -0.161. The second kappa shape index (κ2) is 9.53. The fourth-order valence-electron chi connectivity index (χ4n) is 4.38. The standard InChI is InChI=1S/C21H29N3O6/c1-14-11-22(12-15(2)30-14)13-16-4-6-23(7-5-16)20(25)17-8-18(21(26)29-3)10-19(9-17)24(27)28/h8-10,14-16H,4-7,11-13H2,1-3H3. The van der Waals surface area contributed by atoms with Crippen LogP contribution in [0.4, 0.5) is 5.69 Å². The van der Waals surface area contributed by atoms with E-state index in [1.54, 1.807) is 4.90 Å². The van der Waals surface area contributed by atoms with Crippen molar-refractivity contribution in [2.24, 2.45) is 5.92 Å². The second-order valence-electron chi connectivity index (χ2n) is 8.23. The van der Waals surface area contributed by atoms with Gasteiger partial charge in [0.05, 0.1) is 29.8 Å². The van der Waals surface area contributed by atoms with Crippen LogP contribution in [0.15, 0.2) is 18.2 Å². The molecule has 30 heavy (non-hydrogen) atoms. The molecular weight excluding hydrogens is 390 g/mol. The number of methoxy groups -OCH3 is 1. The second-order valence-corrected chi connectivity index (χ2v) is 8.23. The van der Waals surface area contributed by atoms with Gasteiger partial charge in [0.15, 0.2) is 0 Å². The number of nitro groups is 1. The van der Waals surface area contributed by atoms with Gasteiger partial charge < -0.3 is 14.4 Å². The number of carbonyl (C=O) groups is 2. The lowest BCUT2D eigenvalue weighted by molar-refractivity contribution is -0.384. The lowest BCUT2D eigenvalue weighted by atomic mass is 9.95. The molecule has 164 valence electrons. The van der Waals surface area contributed by atoms with E-state index < -0.39 is 10.9 Å². The minimum atomic E-state index is -0.708. The number of likely N-dealkylation sites (tertiary alicyclic amines) is 1. The van der Waals surface area contributed by atoms with Gasteiger partial charge in [-0.25, -0.2) is 4.79 Å². The minimum Gasteiger partial charge on any atom is -0.465 e. The fraction of sp³-hybridized carbons (Fsp3) is 0.619. The Morgan fingerprint density at radius 1 is 1.13 bits per heavy atom. The molecule has 9 heteroatoms. The van der Waals surface area contributed by atoms with Crippen LogP contribution in [-0.2, 0) is 9.47 Å². The summed E-state index contributed by atoms with van der Waals surface area (Å²) in [5, 5.41) is 11.2. The van der Waals surface area contributed by atoms with Crippen LogP contribution in [-0.4, -0.2) is 78.6 Å². The van der Waals surface area contributed by atoms with Crippen molar-refractivity contribution in [3.63, 3.8) is 0 Å². The molecule has 0 spiro atoms. The predicted molar refractivity (Wildman–Crippen MR) is 110 cm³/mol. The van der Waals surface area contributed by atoms with Gasteiger partial charge in [0.2, 0.25) is 0 Å². The first kappa shape index (κ1) is 22.2. The molecule has 0 saturated carbocycles. The zero-order valence-electron chi connectivity index (χ0n) is 17.7. The fourth-order valence-corrected chi connectivity index (χ4v) is 4.38. The SMILES string of the molecule is COC(=O)c1cc(C(=O)N2CCC(CN3CC(C)OC(C)C3)CC2)cc([N+](=O)[O-])c1. The molecular formula is C21H29N3O6. The maximum Gasteiger partial charge on any atom is 0.338 e. The minimum absolute atomic E-state index is 0.000457. The molecule has 0 aromatic heterocycles. The molecule has 0 aliphatic carbocycles. The van der Waals surface area contributed by atoms with Crippen LogP contribution in [0.2, 0.25) is 0 Å². The Balaban J connectivity index is 1.63. The first-order valence-corrected chi connectivity index (χ1v) is 10.3. The quantitative estimate of drug-likeness (QED) is 0.410. The number of ether oxygens (including phenoxy) is 2. The van der Waals surface area contributed by atoms with E-state index in [0.29, 0.717) is 19.0 Å². The zero-order valence-corrected chi connectivity index (χ0v) is 17.7. The van der Waals surface area contributed by atoms with Crippen molar-refractivity contribution in [3.05, 3.63) is 39.4 Å². The van der Waals surface area contributed by atoms with Crippen LogP contribution < -0.4 is 0 Å². The molecule has 0 radical (unpaired) electrons. The monoisotopic (exact) mass is 419 g/mol. The molecule has 2 aliphatic heterocycles. The number of non-ortho nitro benzene ring substituents is 1. The van der Waals surface area contributed by atoms with Crippen molar-refractivity contribution in [3.8, 4) is 0 Å². The van der Waals surface area contributed by atoms with Crippen molar-refractivity contribution >= 4 is 17.6 Å². The molecule has 2 aliphatic rings. The molecule has 0 N–H and O–H groups in total. The number of nitrogens with zero attached hydrogens (tertiary/aromatic N) is 3. The van der Waals surface area contributed by atoms with Gasteiger partial charge in [0, 0.05) is 50.4 Å². The number of rotatable bonds is 5. The highest BCUT2D eigenvalue weighted by Crippen LogP contribution is 2.24. The Hall–Kier alpha value is -2.52. The summed E-state index contributed by atoms with van der Waals surface area (Å²) in [6.07, 6.45) is 2.22. The van der Waals surface area contributed by atoms with E-state index in [1.807, 2.05) is 0 Å². The summed E-state index contributed by atoms with van der Waals surface area (Å²) < 4.78 is 10.4. The van der Waals surface area contributed by atoms with Gasteiger partial charge >= 0.3 is 5.97 Å². The third kappa shape index (κ3) is 5.34. The maximum atomic E-state index is 12.9. The maximum absolute atomic E-state index is 12.9. The third-order valence-corrected chi connectivity index (χ3v) is 5.71. The Labute approximate surface area is 176 Å². The van der Waals surface area contributed by atoms with Gasteiger partial charge in [-0.15, -0.1) is 0 Å². The van der Waals surface area contributed by atoms with E-state index in [2.05, 4.69) is 23.5 Å². The van der Waals surface area contributed by atoms with E-state index in [1.165, 1.54) is 19.2 Å².